The van der Waals surface area contributed by atoms with Gasteiger partial charge in [0.15, 0.2) is 0 Å². The van der Waals surface area contributed by atoms with Crippen molar-refractivity contribution >= 4 is 23.2 Å². The van der Waals surface area contributed by atoms with Crippen molar-refractivity contribution < 1.29 is 14.3 Å². The molecule has 0 spiro atoms. The number of carbonyl (C=O) groups excluding carboxylic acids is 1. The fourth-order valence-electron chi connectivity index (χ4n) is 2.70. The molecule has 0 atom stereocenters. The van der Waals surface area contributed by atoms with Crippen molar-refractivity contribution in [1.29, 1.82) is 0 Å². The quantitative estimate of drug-likeness (QED) is 0.771. The van der Waals surface area contributed by atoms with E-state index in [9.17, 15) is 4.79 Å². The highest BCUT2D eigenvalue weighted by Crippen LogP contribution is 2.29. The lowest BCUT2D eigenvalue weighted by Crippen LogP contribution is -2.45. The monoisotopic (exact) mass is 341 g/mol. The zero-order valence-corrected chi connectivity index (χ0v) is 14.4. The summed E-state index contributed by atoms with van der Waals surface area (Å²) < 4.78 is 10.3. The molecule has 6 nitrogen and oxygen atoms in total. The van der Waals surface area contributed by atoms with Crippen molar-refractivity contribution in [3.63, 3.8) is 0 Å². The maximum atomic E-state index is 12.5. The molecule has 1 heterocycles. The lowest BCUT2D eigenvalue weighted by Gasteiger charge is -2.32. The lowest BCUT2D eigenvalue weighted by molar-refractivity contribution is 0.0890. The molecule has 1 aromatic carbocycles. The van der Waals surface area contributed by atoms with Gasteiger partial charge in [-0.05, 0) is 18.9 Å². The van der Waals surface area contributed by atoms with E-state index in [1.165, 1.54) is 7.11 Å². The number of hydrogen-bond donors (Lipinski definition) is 2. The van der Waals surface area contributed by atoms with Crippen molar-refractivity contribution in [1.82, 2.24) is 10.2 Å². The number of halogens is 1. The lowest BCUT2D eigenvalue weighted by atomic mass is 10.0. The maximum absolute atomic E-state index is 12.5. The third-order valence-corrected chi connectivity index (χ3v) is 4.43. The van der Waals surface area contributed by atoms with Gasteiger partial charge in [0.2, 0.25) is 0 Å². The number of piperidine rings is 1. The number of ether oxygens (including phenoxy) is 2. The Bertz CT molecular complexity index is 546. The van der Waals surface area contributed by atoms with Crippen LogP contribution in [-0.4, -0.2) is 57.3 Å². The molecule has 0 bridgehead atoms. The number of rotatable bonds is 6. The summed E-state index contributed by atoms with van der Waals surface area (Å²) in [6.07, 6.45) is 1.83. The smallest absolute Gasteiger partial charge is 0.255 e. The Morgan fingerprint density at radius 3 is 2.70 bits per heavy atom. The van der Waals surface area contributed by atoms with Crippen molar-refractivity contribution in [2.24, 2.45) is 0 Å². The first-order valence-corrected chi connectivity index (χ1v) is 8.08. The van der Waals surface area contributed by atoms with Crippen LogP contribution in [-0.2, 0) is 4.74 Å². The van der Waals surface area contributed by atoms with E-state index in [0.29, 0.717) is 22.0 Å². The van der Waals surface area contributed by atoms with Crippen LogP contribution in [0.4, 0.5) is 5.69 Å². The molecule has 0 radical (unpaired) electrons. The second-order valence-corrected chi connectivity index (χ2v) is 6.06. The van der Waals surface area contributed by atoms with Crippen LogP contribution in [0.1, 0.15) is 23.2 Å². The number of benzene rings is 1. The van der Waals surface area contributed by atoms with Gasteiger partial charge in [-0.2, -0.15) is 0 Å². The van der Waals surface area contributed by atoms with E-state index in [0.717, 1.165) is 39.1 Å². The van der Waals surface area contributed by atoms with Crippen molar-refractivity contribution in [2.45, 2.75) is 18.9 Å². The van der Waals surface area contributed by atoms with Crippen LogP contribution in [0.2, 0.25) is 5.02 Å². The number of anilines is 1. The van der Waals surface area contributed by atoms with Gasteiger partial charge >= 0.3 is 0 Å². The summed E-state index contributed by atoms with van der Waals surface area (Å²) in [4.78, 5) is 14.8. The van der Waals surface area contributed by atoms with E-state index in [2.05, 4.69) is 10.2 Å². The Labute approximate surface area is 141 Å². The van der Waals surface area contributed by atoms with E-state index in [4.69, 9.17) is 26.8 Å². The summed E-state index contributed by atoms with van der Waals surface area (Å²) in [6, 6.07) is 3.28. The summed E-state index contributed by atoms with van der Waals surface area (Å²) in [6.45, 7) is 3.57. The molecule has 1 fully saturated rings. The largest absolute Gasteiger partial charge is 0.496 e. The second kappa shape index (κ2) is 8.38. The predicted octanol–water partition coefficient (Wildman–Crippen LogP) is 1.77. The minimum absolute atomic E-state index is 0.155. The number of nitrogens with one attached hydrogen (secondary N) is 1. The highest BCUT2D eigenvalue weighted by Gasteiger charge is 2.22. The van der Waals surface area contributed by atoms with Crippen LogP contribution < -0.4 is 15.8 Å². The van der Waals surface area contributed by atoms with Gasteiger partial charge in [0.25, 0.3) is 5.91 Å². The standard InChI is InChI=1S/C16H24ClN3O3/c1-22-8-7-20-5-3-11(4-6-20)19-16(21)12-9-13(17)14(18)10-15(12)23-2/h9-11H,3-8,18H2,1-2H3,(H,19,21). The number of nitrogens with two attached hydrogens (primary N) is 1. The summed E-state index contributed by atoms with van der Waals surface area (Å²) in [7, 11) is 3.21. The molecule has 7 heteroatoms. The van der Waals surface area contributed by atoms with E-state index in [-0.39, 0.29) is 11.9 Å². The number of amides is 1. The van der Waals surface area contributed by atoms with Crippen molar-refractivity contribution in [3.05, 3.63) is 22.7 Å². The third-order valence-electron chi connectivity index (χ3n) is 4.10. The predicted molar refractivity (Wildman–Crippen MR) is 91.2 cm³/mol. The van der Waals surface area contributed by atoms with Crippen molar-refractivity contribution in [3.8, 4) is 5.75 Å². The number of nitrogen functional groups attached to an aromatic ring is 1. The van der Waals surface area contributed by atoms with E-state index >= 15 is 0 Å². The summed E-state index contributed by atoms with van der Waals surface area (Å²) in [5.41, 5.74) is 6.55. The Hall–Kier alpha value is -1.50. The number of carbonyl (C=O) groups is 1. The van der Waals surface area contributed by atoms with Gasteiger partial charge in [-0.3, -0.25) is 4.79 Å². The molecule has 0 saturated carbocycles. The van der Waals surface area contributed by atoms with Crippen LogP contribution in [0.25, 0.3) is 0 Å². The molecular weight excluding hydrogens is 318 g/mol. The minimum atomic E-state index is -0.181. The highest BCUT2D eigenvalue weighted by atomic mass is 35.5. The fraction of sp³-hybridized carbons (Fsp3) is 0.562. The normalized spacial score (nSPS) is 16.3. The van der Waals surface area contributed by atoms with Crippen LogP contribution in [0, 0.1) is 0 Å². The minimum Gasteiger partial charge on any atom is -0.496 e. The van der Waals surface area contributed by atoms with Gasteiger partial charge in [0, 0.05) is 38.9 Å². The fourth-order valence-corrected chi connectivity index (χ4v) is 2.86. The van der Waals surface area contributed by atoms with E-state index < -0.39 is 0 Å². The number of likely N-dealkylation sites (tertiary alicyclic amines) is 1. The Morgan fingerprint density at radius 1 is 1.39 bits per heavy atom. The topological polar surface area (TPSA) is 76.8 Å². The molecule has 1 saturated heterocycles. The highest BCUT2D eigenvalue weighted by molar-refractivity contribution is 6.33. The number of methoxy groups -OCH3 is 2. The second-order valence-electron chi connectivity index (χ2n) is 5.66. The van der Waals surface area contributed by atoms with Crippen LogP contribution in [0.5, 0.6) is 5.75 Å². The SMILES string of the molecule is COCCN1CCC(NC(=O)c2cc(Cl)c(N)cc2OC)CC1. The zero-order valence-electron chi connectivity index (χ0n) is 13.6. The molecule has 1 aliphatic rings. The molecule has 1 aliphatic heterocycles. The van der Waals surface area contributed by atoms with Gasteiger partial charge in [-0.25, -0.2) is 0 Å². The first kappa shape index (κ1) is 17.8. The van der Waals surface area contributed by atoms with Crippen LogP contribution in [0.15, 0.2) is 12.1 Å². The van der Waals surface area contributed by atoms with E-state index in [1.807, 2.05) is 0 Å². The molecule has 0 unspecified atom stereocenters. The molecule has 2 rings (SSSR count). The average Bonchev–Trinajstić information content (AvgIpc) is 2.56. The van der Waals surface area contributed by atoms with Crippen LogP contribution >= 0.6 is 11.6 Å². The van der Waals surface area contributed by atoms with E-state index in [1.54, 1.807) is 19.2 Å². The zero-order chi connectivity index (χ0) is 16.8. The molecule has 0 aromatic heterocycles. The molecule has 1 amide bonds. The van der Waals surface area contributed by atoms with Crippen molar-refractivity contribution in [2.75, 3.05) is 46.2 Å². The Morgan fingerprint density at radius 2 is 2.09 bits per heavy atom. The van der Waals surface area contributed by atoms with Gasteiger partial charge < -0.3 is 25.4 Å². The molecule has 23 heavy (non-hydrogen) atoms. The molecule has 1 aromatic rings. The van der Waals surface area contributed by atoms with Gasteiger partial charge in [0.05, 0.1) is 30.0 Å². The Kier molecular flexibility index (Phi) is 6.50. The summed E-state index contributed by atoms with van der Waals surface area (Å²) in [5.74, 6) is 0.251. The first-order chi connectivity index (χ1) is 11.0. The van der Waals surface area contributed by atoms with Crippen LogP contribution in [0.3, 0.4) is 0 Å². The summed E-state index contributed by atoms with van der Waals surface area (Å²) in [5, 5.41) is 3.41. The molecule has 3 N–H and O–H groups in total. The maximum Gasteiger partial charge on any atom is 0.255 e. The number of hydrogen-bond acceptors (Lipinski definition) is 5. The molecule has 128 valence electrons. The summed E-state index contributed by atoms with van der Waals surface area (Å²) >= 11 is 6.02. The molecular formula is C16H24ClN3O3. The molecule has 0 aliphatic carbocycles. The third kappa shape index (κ3) is 4.73. The first-order valence-electron chi connectivity index (χ1n) is 7.70. The van der Waals surface area contributed by atoms with Gasteiger partial charge in [-0.1, -0.05) is 11.6 Å². The number of nitrogens with zero attached hydrogens (tertiary/aromatic N) is 1. The Balaban J connectivity index is 1.94. The average molecular weight is 342 g/mol. The van der Waals surface area contributed by atoms with Gasteiger partial charge in [-0.15, -0.1) is 0 Å². The van der Waals surface area contributed by atoms with Gasteiger partial charge in [0.1, 0.15) is 5.75 Å².